The number of rotatable bonds is 6. The Morgan fingerprint density at radius 1 is 1.37 bits per heavy atom. The van der Waals surface area contributed by atoms with Crippen LogP contribution in [0.5, 0.6) is 0 Å². The second kappa shape index (κ2) is 7.55. The Morgan fingerprint density at radius 3 is 2.63 bits per heavy atom. The average Bonchev–Trinajstić information content (AvgIpc) is 2.33. The van der Waals surface area contributed by atoms with Gasteiger partial charge in [-0.25, -0.2) is 4.79 Å². The largest absolute Gasteiger partial charge is 0.478 e. The molecule has 1 amide bonds. The van der Waals surface area contributed by atoms with E-state index in [-0.39, 0.29) is 5.91 Å². The van der Waals surface area contributed by atoms with Crippen LogP contribution in [-0.2, 0) is 4.79 Å². The Balaban J connectivity index is 2.55. The molecule has 0 aliphatic carbocycles. The first-order valence-corrected chi connectivity index (χ1v) is 7.55. The number of amides is 1. The molecule has 6 heteroatoms. The normalized spacial score (nSPS) is 10.3. The number of benzene rings is 1. The number of halogens is 1. The van der Waals surface area contributed by atoms with Crippen molar-refractivity contribution < 1.29 is 14.7 Å². The van der Waals surface area contributed by atoms with Gasteiger partial charge in [0.1, 0.15) is 0 Å². The van der Waals surface area contributed by atoms with Crippen molar-refractivity contribution in [2.75, 3.05) is 19.8 Å². The molecule has 104 valence electrons. The summed E-state index contributed by atoms with van der Waals surface area (Å²) in [5.74, 6) is -0.122. The zero-order valence-electron chi connectivity index (χ0n) is 10.9. The highest BCUT2D eigenvalue weighted by Crippen LogP contribution is 2.27. The smallest absolute Gasteiger partial charge is 0.336 e. The first kappa shape index (κ1) is 16.0. The van der Waals surface area contributed by atoms with Crippen LogP contribution in [0.15, 0.2) is 27.6 Å². The highest BCUT2D eigenvalue weighted by Gasteiger charge is 2.11. The van der Waals surface area contributed by atoms with Crippen LogP contribution in [0.3, 0.4) is 0 Å². The van der Waals surface area contributed by atoms with Gasteiger partial charge in [-0.1, -0.05) is 15.9 Å². The van der Waals surface area contributed by atoms with Crippen LogP contribution in [0.4, 0.5) is 0 Å². The molecule has 1 aromatic carbocycles. The predicted molar refractivity (Wildman–Crippen MR) is 79.8 cm³/mol. The number of thioether (sulfide) groups is 1. The molecule has 0 heterocycles. The minimum absolute atomic E-state index is 0.0910. The molecule has 0 atom stereocenters. The molecule has 1 aromatic rings. The van der Waals surface area contributed by atoms with E-state index in [1.165, 1.54) is 11.8 Å². The molecule has 1 rings (SSSR count). The summed E-state index contributed by atoms with van der Waals surface area (Å²) in [4.78, 5) is 24.8. The lowest BCUT2D eigenvalue weighted by atomic mass is 10.2. The lowest BCUT2D eigenvalue weighted by molar-refractivity contribution is -0.128. The van der Waals surface area contributed by atoms with Gasteiger partial charge in [-0.15, -0.1) is 11.8 Å². The molecule has 4 nitrogen and oxygen atoms in total. The summed E-state index contributed by atoms with van der Waals surface area (Å²) in [5.41, 5.74) is 0.298. The summed E-state index contributed by atoms with van der Waals surface area (Å²) < 4.78 is 0.851. The van der Waals surface area contributed by atoms with E-state index in [9.17, 15) is 9.59 Å². The molecule has 1 N–H and O–H groups in total. The summed E-state index contributed by atoms with van der Waals surface area (Å²) in [6, 6.07) is 5.09. The summed E-state index contributed by atoms with van der Waals surface area (Å²) >= 11 is 4.79. The molecule has 0 aliphatic rings. The first-order valence-electron chi connectivity index (χ1n) is 5.77. The summed E-state index contributed by atoms with van der Waals surface area (Å²) in [5, 5.41) is 9.08. The highest BCUT2D eigenvalue weighted by molar-refractivity contribution is 9.10. The molecule has 0 unspecified atom stereocenters. The van der Waals surface area contributed by atoms with Gasteiger partial charge in [0, 0.05) is 29.9 Å². The molecule has 0 fully saturated rings. The topological polar surface area (TPSA) is 57.6 Å². The standard InChI is InChI=1S/C13H16BrNO3S/c1-15(2)12(16)4-3-7-19-11-8-9(14)5-6-10(11)13(17)18/h5-6,8H,3-4,7H2,1-2H3,(H,17,18). The van der Waals surface area contributed by atoms with Crippen molar-refractivity contribution in [2.45, 2.75) is 17.7 Å². The number of hydrogen-bond donors (Lipinski definition) is 1. The van der Waals surface area contributed by atoms with Gasteiger partial charge in [0.15, 0.2) is 0 Å². The third-order valence-corrected chi connectivity index (χ3v) is 4.10. The van der Waals surface area contributed by atoms with Gasteiger partial charge in [-0.3, -0.25) is 4.79 Å². The van der Waals surface area contributed by atoms with Crippen molar-refractivity contribution >= 4 is 39.6 Å². The Kier molecular flexibility index (Phi) is 6.37. The van der Waals surface area contributed by atoms with Crippen LogP contribution < -0.4 is 0 Å². The lowest BCUT2D eigenvalue weighted by Crippen LogP contribution is -2.21. The highest BCUT2D eigenvalue weighted by atomic mass is 79.9. The monoisotopic (exact) mass is 345 g/mol. The molecule has 0 radical (unpaired) electrons. The van der Waals surface area contributed by atoms with Crippen molar-refractivity contribution in [3.05, 3.63) is 28.2 Å². The van der Waals surface area contributed by atoms with E-state index in [0.717, 1.165) is 21.5 Å². The zero-order valence-corrected chi connectivity index (χ0v) is 13.3. The van der Waals surface area contributed by atoms with Crippen molar-refractivity contribution in [3.63, 3.8) is 0 Å². The van der Waals surface area contributed by atoms with E-state index < -0.39 is 5.97 Å². The minimum Gasteiger partial charge on any atom is -0.478 e. The number of carboxylic acid groups (broad SMARTS) is 1. The maximum Gasteiger partial charge on any atom is 0.336 e. The van der Waals surface area contributed by atoms with Crippen LogP contribution in [0, 0.1) is 0 Å². The van der Waals surface area contributed by atoms with Gasteiger partial charge in [0.25, 0.3) is 0 Å². The number of carbonyl (C=O) groups excluding carboxylic acids is 1. The fourth-order valence-electron chi connectivity index (χ4n) is 1.42. The Hall–Kier alpha value is -1.01. The van der Waals surface area contributed by atoms with E-state index in [1.807, 2.05) is 0 Å². The van der Waals surface area contributed by atoms with Gasteiger partial charge in [0.2, 0.25) is 5.91 Å². The molecule has 0 saturated heterocycles. The number of hydrogen-bond acceptors (Lipinski definition) is 3. The van der Waals surface area contributed by atoms with Gasteiger partial charge in [-0.05, 0) is 30.4 Å². The maximum absolute atomic E-state index is 11.4. The van der Waals surface area contributed by atoms with Crippen molar-refractivity contribution in [3.8, 4) is 0 Å². The van der Waals surface area contributed by atoms with Crippen LogP contribution in [0.2, 0.25) is 0 Å². The number of aromatic carboxylic acids is 1. The Labute approximate surface area is 125 Å². The summed E-state index contributed by atoms with van der Waals surface area (Å²) in [7, 11) is 3.46. The van der Waals surface area contributed by atoms with Crippen molar-refractivity contribution in [2.24, 2.45) is 0 Å². The van der Waals surface area contributed by atoms with Gasteiger partial charge >= 0.3 is 5.97 Å². The molecule has 0 bridgehead atoms. The molecule has 0 aliphatic heterocycles. The molecule has 19 heavy (non-hydrogen) atoms. The van der Waals surface area contributed by atoms with Crippen molar-refractivity contribution in [1.29, 1.82) is 0 Å². The summed E-state index contributed by atoms with van der Waals surface area (Å²) in [6.07, 6.45) is 1.21. The number of carbonyl (C=O) groups is 2. The molecule has 0 aromatic heterocycles. The second-order valence-electron chi connectivity index (χ2n) is 4.19. The fraction of sp³-hybridized carbons (Fsp3) is 0.385. The molecule has 0 saturated carbocycles. The number of nitrogens with zero attached hydrogens (tertiary/aromatic N) is 1. The fourth-order valence-corrected chi connectivity index (χ4v) is 2.96. The lowest BCUT2D eigenvalue weighted by Gasteiger charge is -2.10. The molecular weight excluding hydrogens is 330 g/mol. The quantitative estimate of drug-likeness (QED) is 0.635. The first-order chi connectivity index (χ1) is 8.91. The average molecular weight is 346 g/mol. The van der Waals surface area contributed by atoms with Gasteiger partial charge in [0.05, 0.1) is 5.56 Å². The van der Waals surface area contributed by atoms with E-state index >= 15 is 0 Å². The van der Waals surface area contributed by atoms with E-state index in [2.05, 4.69) is 15.9 Å². The zero-order chi connectivity index (χ0) is 14.4. The number of carboxylic acids is 1. The van der Waals surface area contributed by atoms with E-state index in [1.54, 1.807) is 37.2 Å². The molecular formula is C13H16BrNO3S. The van der Waals surface area contributed by atoms with Gasteiger partial charge < -0.3 is 10.0 Å². The van der Waals surface area contributed by atoms with Crippen LogP contribution in [-0.4, -0.2) is 41.7 Å². The van der Waals surface area contributed by atoms with Crippen LogP contribution >= 0.6 is 27.7 Å². The minimum atomic E-state index is -0.931. The molecule has 0 spiro atoms. The Bertz CT molecular complexity index is 477. The SMILES string of the molecule is CN(C)C(=O)CCCSc1cc(Br)ccc1C(=O)O. The van der Waals surface area contributed by atoms with Crippen LogP contribution in [0.25, 0.3) is 0 Å². The summed E-state index contributed by atoms with van der Waals surface area (Å²) in [6.45, 7) is 0. The van der Waals surface area contributed by atoms with E-state index in [4.69, 9.17) is 5.11 Å². The maximum atomic E-state index is 11.4. The van der Waals surface area contributed by atoms with Crippen LogP contribution in [0.1, 0.15) is 23.2 Å². The van der Waals surface area contributed by atoms with Gasteiger partial charge in [-0.2, -0.15) is 0 Å². The van der Waals surface area contributed by atoms with Crippen molar-refractivity contribution in [1.82, 2.24) is 4.90 Å². The third kappa shape index (κ3) is 5.24. The van der Waals surface area contributed by atoms with E-state index in [0.29, 0.717) is 12.0 Å². The second-order valence-corrected chi connectivity index (χ2v) is 6.24. The Morgan fingerprint density at radius 2 is 2.05 bits per heavy atom. The third-order valence-electron chi connectivity index (χ3n) is 2.47. The predicted octanol–water partition coefficient (Wildman–Crippen LogP) is 3.11.